The maximum absolute atomic E-state index is 13.2. The Morgan fingerprint density at radius 2 is 2.05 bits per heavy atom. The predicted molar refractivity (Wildman–Crippen MR) is 83.0 cm³/mol. The fraction of sp³-hybridized carbons (Fsp3) is 0.529. The van der Waals surface area contributed by atoms with Gasteiger partial charge in [0.15, 0.2) is 0 Å². The lowest BCUT2D eigenvalue weighted by molar-refractivity contribution is -0.146. The first-order valence-corrected chi connectivity index (χ1v) is 7.67. The topological polar surface area (TPSA) is 55.4 Å². The molecule has 1 aromatic carbocycles. The molecule has 0 fully saturated rings. The van der Waals surface area contributed by atoms with Crippen LogP contribution in [-0.4, -0.2) is 24.5 Å². The van der Waals surface area contributed by atoms with E-state index in [4.69, 9.17) is 4.74 Å². The zero-order valence-electron chi connectivity index (χ0n) is 13.4. The second-order valence-corrected chi connectivity index (χ2v) is 5.69. The third-order valence-electron chi connectivity index (χ3n) is 3.13. The van der Waals surface area contributed by atoms with E-state index >= 15 is 0 Å². The van der Waals surface area contributed by atoms with Gasteiger partial charge in [0.05, 0.1) is 6.61 Å². The Labute approximate surface area is 131 Å². The monoisotopic (exact) mass is 309 g/mol. The standard InChI is InChI=1S/C17H24FNO3/c1-4-5-9-22-17(21)15(10-12(2)3)19-16(20)13-7-6-8-14(18)11-13/h6-8,11-12,15H,4-5,9-10H2,1-3H3,(H,19,20). The van der Waals surface area contributed by atoms with Gasteiger partial charge in [0.1, 0.15) is 11.9 Å². The van der Waals surface area contributed by atoms with E-state index in [0.717, 1.165) is 18.9 Å². The molecule has 0 aliphatic rings. The number of benzene rings is 1. The van der Waals surface area contributed by atoms with Gasteiger partial charge in [-0.3, -0.25) is 4.79 Å². The van der Waals surface area contributed by atoms with Crippen molar-refractivity contribution in [2.45, 2.75) is 46.1 Å². The van der Waals surface area contributed by atoms with Crippen LogP contribution in [0.4, 0.5) is 4.39 Å². The maximum Gasteiger partial charge on any atom is 0.328 e. The molecule has 122 valence electrons. The molecule has 0 spiro atoms. The molecule has 0 radical (unpaired) electrons. The molecule has 0 saturated carbocycles. The fourth-order valence-electron chi connectivity index (χ4n) is 1.97. The zero-order chi connectivity index (χ0) is 16.5. The van der Waals surface area contributed by atoms with Crippen LogP contribution in [0.1, 0.15) is 50.4 Å². The van der Waals surface area contributed by atoms with Crippen molar-refractivity contribution in [3.8, 4) is 0 Å². The van der Waals surface area contributed by atoms with Gasteiger partial charge in [0.2, 0.25) is 0 Å². The number of carbonyl (C=O) groups excluding carboxylic acids is 2. The molecule has 0 bridgehead atoms. The summed E-state index contributed by atoms with van der Waals surface area (Å²) in [5.41, 5.74) is 0.190. The zero-order valence-corrected chi connectivity index (χ0v) is 13.4. The number of unbranched alkanes of at least 4 members (excludes halogenated alkanes) is 1. The summed E-state index contributed by atoms with van der Waals surface area (Å²) < 4.78 is 18.3. The number of rotatable bonds is 8. The maximum atomic E-state index is 13.2. The van der Waals surface area contributed by atoms with Crippen molar-refractivity contribution in [1.29, 1.82) is 0 Å². The Balaban J connectivity index is 2.71. The second kappa shape index (κ2) is 9.18. The number of carbonyl (C=O) groups is 2. The van der Waals surface area contributed by atoms with Crippen molar-refractivity contribution < 1.29 is 18.7 Å². The third-order valence-corrected chi connectivity index (χ3v) is 3.13. The van der Waals surface area contributed by atoms with Gasteiger partial charge in [-0.2, -0.15) is 0 Å². The van der Waals surface area contributed by atoms with Crippen LogP contribution >= 0.6 is 0 Å². The van der Waals surface area contributed by atoms with Crippen LogP contribution in [0.15, 0.2) is 24.3 Å². The number of halogens is 1. The highest BCUT2D eigenvalue weighted by Crippen LogP contribution is 2.09. The van der Waals surface area contributed by atoms with E-state index in [2.05, 4.69) is 5.32 Å². The van der Waals surface area contributed by atoms with Crippen molar-refractivity contribution in [3.63, 3.8) is 0 Å². The summed E-state index contributed by atoms with van der Waals surface area (Å²) in [7, 11) is 0. The molecule has 1 amide bonds. The van der Waals surface area contributed by atoms with Crippen LogP contribution in [0.3, 0.4) is 0 Å². The molecule has 5 heteroatoms. The van der Waals surface area contributed by atoms with Crippen LogP contribution in [-0.2, 0) is 9.53 Å². The molecule has 1 rings (SSSR count). The van der Waals surface area contributed by atoms with Gasteiger partial charge in [0, 0.05) is 5.56 Å². The average Bonchev–Trinajstić information content (AvgIpc) is 2.46. The molecule has 0 heterocycles. The minimum Gasteiger partial charge on any atom is -0.464 e. The Hall–Kier alpha value is -1.91. The largest absolute Gasteiger partial charge is 0.464 e. The summed E-state index contributed by atoms with van der Waals surface area (Å²) in [4.78, 5) is 24.2. The molecule has 0 saturated heterocycles. The van der Waals surface area contributed by atoms with E-state index < -0.39 is 23.7 Å². The Bertz CT molecular complexity index is 502. The van der Waals surface area contributed by atoms with Crippen LogP contribution in [0.5, 0.6) is 0 Å². The summed E-state index contributed by atoms with van der Waals surface area (Å²) in [5.74, 6) is -1.18. The van der Waals surface area contributed by atoms with Crippen molar-refractivity contribution in [1.82, 2.24) is 5.32 Å². The van der Waals surface area contributed by atoms with Crippen molar-refractivity contribution >= 4 is 11.9 Å². The number of nitrogens with one attached hydrogen (secondary N) is 1. The first kappa shape index (κ1) is 18.1. The van der Waals surface area contributed by atoms with Gasteiger partial charge in [-0.25, -0.2) is 9.18 Å². The smallest absolute Gasteiger partial charge is 0.328 e. The lowest BCUT2D eigenvalue weighted by Gasteiger charge is -2.19. The number of amides is 1. The number of ether oxygens (including phenoxy) is 1. The molecular formula is C17H24FNO3. The van der Waals surface area contributed by atoms with E-state index in [1.54, 1.807) is 0 Å². The fourth-order valence-corrected chi connectivity index (χ4v) is 1.97. The first-order valence-electron chi connectivity index (χ1n) is 7.67. The predicted octanol–water partition coefficient (Wildman–Crippen LogP) is 3.31. The number of hydrogen-bond donors (Lipinski definition) is 1. The minimum atomic E-state index is -0.715. The lowest BCUT2D eigenvalue weighted by atomic mass is 10.0. The highest BCUT2D eigenvalue weighted by Gasteiger charge is 2.24. The Kier molecular flexibility index (Phi) is 7.57. The van der Waals surface area contributed by atoms with E-state index in [9.17, 15) is 14.0 Å². The van der Waals surface area contributed by atoms with E-state index in [1.165, 1.54) is 18.2 Å². The Morgan fingerprint density at radius 3 is 2.64 bits per heavy atom. The minimum absolute atomic E-state index is 0.190. The molecule has 22 heavy (non-hydrogen) atoms. The Morgan fingerprint density at radius 1 is 1.32 bits per heavy atom. The number of esters is 1. The quantitative estimate of drug-likeness (QED) is 0.592. The van der Waals surface area contributed by atoms with Gasteiger partial charge in [0.25, 0.3) is 5.91 Å². The molecule has 1 aromatic rings. The normalized spacial score (nSPS) is 12.0. The molecular weight excluding hydrogens is 285 g/mol. The van der Waals surface area contributed by atoms with E-state index in [0.29, 0.717) is 13.0 Å². The van der Waals surface area contributed by atoms with Gasteiger partial charge < -0.3 is 10.1 Å². The van der Waals surface area contributed by atoms with Gasteiger partial charge in [-0.05, 0) is 37.0 Å². The van der Waals surface area contributed by atoms with Gasteiger partial charge >= 0.3 is 5.97 Å². The SMILES string of the molecule is CCCCOC(=O)C(CC(C)C)NC(=O)c1cccc(F)c1. The van der Waals surface area contributed by atoms with Crippen molar-refractivity contribution in [3.05, 3.63) is 35.6 Å². The molecule has 0 aromatic heterocycles. The summed E-state index contributed by atoms with van der Waals surface area (Å²) in [6, 6.07) is 4.66. The molecule has 4 nitrogen and oxygen atoms in total. The molecule has 1 unspecified atom stereocenters. The molecule has 1 atom stereocenters. The average molecular weight is 309 g/mol. The van der Waals surface area contributed by atoms with E-state index in [1.807, 2.05) is 20.8 Å². The molecule has 1 N–H and O–H groups in total. The van der Waals surface area contributed by atoms with Crippen LogP contribution in [0, 0.1) is 11.7 Å². The third kappa shape index (κ3) is 6.24. The summed E-state index contributed by atoms with van der Waals surface area (Å²) in [6.45, 7) is 6.27. The van der Waals surface area contributed by atoms with Crippen molar-refractivity contribution in [2.24, 2.45) is 5.92 Å². The molecule has 0 aliphatic heterocycles. The highest BCUT2D eigenvalue weighted by molar-refractivity contribution is 5.96. The van der Waals surface area contributed by atoms with Crippen LogP contribution in [0.2, 0.25) is 0 Å². The van der Waals surface area contributed by atoms with Crippen LogP contribution in [0.25, 0.3) is 0 Å². The summed E-state index contributed by atoms with van der Waals surface area (Å²) >= 11 is 0. The summed E-state index contributed by atoms with van der Waals surface area (Å²) in [6.07, 6.45) is 2.20. The second-order valence-electron chi connectivity index (χ2n) is 5.69. The molecule has 0 aliphatic carbocycles. The van der Waals surface area contributed by atoms with Crippen molar-refractivity contribution in [2.75, 3.05) is 6.61 Å². The first-order chi connectivity index (χ1) is 10.4. The highest BCUT2D eigenvalue weighted by atomic mass is 19.1. The van der Waals surface area contributed by atoms with Gasteiger partial charge in [-0.1, -0.05) is 33.3 Å². The van der Waals surface area contributed by atoms with Gasteiger partial charge in [-0.15, -0.1) is 0 Å². The van der Waals surface area contributed by atoms with Crippen LogP contribution < -0.4 is 5.32 Å². The summed E-state index contributed by atoms with van der Waals surface area (Å²) in [5, 5.41) is 2.64. The number of hydrogen-bond acceptors (Lipinski definition) is 3. The van der Waals surface area contributed by atoms with E-state index in [-0.39, 0.29) is 11.5 Å². The lowest BCUT2D eigenvalue weighted by Crippen LogP contribution is -2.42.